The summed E-state index contributed by atoms with van der Waals surface area (Å²) < 4.78 is 0. The first-order chi connectivity index (χ1) is 27.0. The van der Waals surface area contributed by atoms with Gasteiger partial charge in [-0.1, -0.05) is 18.2 Å². The molecule has 1 aromatic heterocycles. The monoisotopic (exact) mass is 810 g/mol. The highest BCUT2D eigenvalue weighted by atomic mass is 16.3. The van der Waals surface area contributed by atoms with Gasteiger partial charge in [0.2, 0.25) is 0 Å². The summed E-state index contributed by atoms with van der Waals surface area (Å²) in [5, 5.41) is 97.9. The largest absolute Gasteiger partial charge is 0.508 e. The zero-order valence-electron chi connectivity index (χ0n) is 34.2. The molecule has 0 bridgehead atoms. The first kappa shape index (κ1) is 48.9. The molecular formula is C42H62N6O10. The molecular weight excluding hydrogens is 748 g/mol. The predicted molar refractivity (Wildman–Crippen MR) is 223 cm³/mol. The van der Waals surface area contributed by atoms with Crippen molar-refractivity contribution in [1.29, 1.82) is 0 Å². The fraction of sp³-hybridized carbons (Fsp3) is 0.429. The summed E-state index contributed by atoms with van der Waals surface area (Å²) in [6.45, 7) is 14.7. The number of aliphatic hydroxyl groups is 4. The number of hydrogen-bond acceptors (Lipinski definition) is 14. The number of urea groups is 1. The minimum absolute atomic E-state index is 0.0627. The number of carbonyl (C=O) groups is 1. The van der Waals surface area contributed by atoms with E-state index in [2.05, 4.69) is 26.3 Å². The van der Waals surface area contributed by atoms with E-state index in [-0.39, 0.29) is 63.9 Å². The van der Waals surface area contributed by atoms with Crippen molar-refractivity contribution in [1.82, 2.24) is 20.9 Å². The molecule has 0 aliphatic rings. The van der Waals surface area contributed by atoms with Crippen molar-refractivity contribution in [2.75, 3.05) is 25.0 Å². The molecule has 4 atom stereocenters. The molecule has 15 N–H and O–H groups in total. The Morgan fingerprint density at radius 2 is 1.21 bits per heavy atom. The van der Waals surface area contributed by atoms with Gasteiger partial charge in [0.05, 0.1) is 30.2 Å². The van der Waals surface area contributed by atoms with E-state index in [1.165, 1.54) is 36.4 Å². The molecule has 320 valence electrons. The molecule has 0 fully saturated rings. The van der Waals surface area contributed by atoms with Crippen LogP contribution < -0.4 is 27.0 Å². The Morgan fingerprint density at radius 1 is 0.672 bits per heavy atom. The Hall–Kier alpha value is -5.20. The van der Waals surface area contributed by atoms with Crippen LogP contribution in [-0.2, 0) is 13.0 Å². The number of aromatic nitrogens is 1. The molecule has 0 saturated carbocycles. The van der Waals surface area contributed by atoms with Crippen LogP contribution in [0.15, 0.2) is 72.8 Å². The van der Waals surface area contributed by atoms with E-state index < -0.39 is 24.3 Å². The molecule has 0 aliphatic carbocycles. The van der Waals surface area contributed by atoms with Crippen molar-refractivity contribution in [2.45, 2.75) is 96.9 Å². The minimum Gasteiger partial charge on any atom is -0.508 e. The van der Waals surface area contributed by atoms with Crippen molar-refractivity contribution in [2.24, 2.45) is 5.73 Å². The second kappa shape index (κ2) is 22.7. The van der Waals surface area contributed by atoms with Crippen molar-refractivity contribution in [3.8, 4) is 28.7 Å². The van der Waals surface area contributed by atoms with Crippen LogP contribution in [0.5, 0.6) is 28.7 Å². The smallest absolute Gasteiger partial charge is 0.316 e. The zero-order chi connectivity index (χ0) is 43.8. The number of amides is 2. The van der Waals surface area contributed by atoms with Crippen LogP contribution in [0, 0.1) is 0 Å². The number of aromatic hydroxyl groups is 5. The Morgan fingerprint density at radius 3 is 1.74 bits per heavy atom. The summed E-state index contributed by atoms with van der Waals surface area (Å²) in [4.78, 5) is 14.8. The summed E-state index contributed by atoms with van der Waals surface area (Å²) in [6, 6.07) is 17.9. The van der Waals surface area contributed by atoms with E-state index in [0.29, 0.717) is 36.5 Å². The minimum atomic E-state index is -0.819. The Kier molecular flexibility index (Phi) is 19.1. The first-order valence-electron chi connectivity index (χ1n) is 18.7. The SMILES string of the molecule is CC(C)(C)NCC(O)c1ccc(O)c(CO)n1.CC(C)(C)NCC(O)c1ccc(O)c(NC(N)=O)c1.CC(Cc1ccc(O)cc1)NCC(O)c1cc(O)cc(O)c1. The molecule has 4 aromatic rings. The summed E-state index contributed by atoms with van der Waals surface area (Å²) in [5.41, 5.74) is 7.73. The average molecular weight is 811 g/mol. The van der Waals surface area contributed by atoms with Gasteiger partial charge < -0.3 is 73.0 Å². The van der Waals surface area contributed by atoms with Crippen LogP contribution in [0.25, 0.3) is 0 Å². The molecule has 0 aliphatic heterocycles. The normalized spacial score (nSPS) is 13.5. The molecule has 0 radical (unpaired) electrons. The van der Waals surface area contributed by atoms with Crippen LogP contribution >= 0.6 is 0 Å². The molecule has 4 rings (SSSR count). The lowest BCUT2D eigenvalue weighted by atomic mass is 10.1. The highest BCUT2D eigenvalue weighted by Gasteiger charge is 2.17. The van der Waals surface area contributed by atoms with Crippen molar-refractivity contribution in [3.05, 3.63) is 101 Å². The Balaban J connectivity index is 0.000000303. The number of carbonyl (C=O) groups excluding carboxylic acids is 1. The highest BCUT2D eigenvalue weighted by molar-refractivity contribution is 5.89. The fourth-order valence-corrected chi connectivity index (χ4v) is 5.13. The van der Waals surface area contributed by atoms with Crippen LogP contribution in [0.1, 0.15) is 94.9 Å². The number of hydrogen-bond donors (Lipinski definition) is 14. The van der Waals surface area contributed by atoms with Crippen molar-refractivity contribution >= 4 is 11.7 Å². The number of primary amides is 1. The van der Waals surface area contributed by atoms with E-state index in [1.54, 1.807) is 24.3 Å². The fourth-order valence-electron chi connectivity index (χ4n) is 5.13. The van der Waals surface area contributed by atoms with Crippen LogP contribution in [0.2, 0.25) is 0 Å². The number of nitrogens with zero attached hydrogens (tertiary/aromatic N) is 1. The molecule has 16 heteroatoms. The molecule has 16 nitrogen and oxygen atoms in total. The van der Waals surface area contributed by atoms with E-state index in [0.717, 1.165) is 12.0 Å². The lowest BCUT2D eigenvalue weighted by Gasteiger charge is -2.23. The van der Waals surface area contributed by atoms with Gasteiger partial charge in [-0.3, -0.25) is 0 Å². The second-order valence-electron chi connectivity index (χ2n) is 15.9. The van der Waals surface area contributed by atoms with Gasteiger partial charge in [-0.05, 0) is 120 Å². The highest BCUT2D eigenvalue weighted by Crippen LogP contribution is 2.27. The Labute approximate surface area is 340 Å². The standard InChI is InChI=1S/C17H21NO4.C13H21N3O3.C12H20N2O3/c1-11(6-12-2-4-14(19)5-3-12)18-10-17(22)13-7-15(20)9-16(21)8-13;1-13(2,3)15-7-11(18)8-4-5-10(17)9(6-8)16-12(14)19;1-12(2,3)13-6-11(17)8-4-5-10(16)9(7-15)14-8/h2-5,7-9,11,17-22H,6,10H2,1H3;4-6,11,15,17-18H,7H2,1-3H3,(H3,14,16,19);4-5,11,13,15-17H,6-7H2,1-3H3. The number of rotatable bonds is 14. The number of benzene rings is 3. The summed E-state index contributed by atoms with van der Waals surface area (Å²) >= 11 is 0. The number of phenols is 4. The maximum atomic E-state index is 10.8. The Bertz CT molecular complexity index is 1850. The maximum Gasteiger partial charge on any atom is 0.316 e. The molecule has 3 aromatic carbocycles. The number of nitrogens with two attached hydrogens (primary N) is 1. The van der Waals surface area contributed by atoms with Gasteiger partial charge in [-0.2, -0.15) is 0 Å². The first-order valence-corrected chi connectivity index (χ1v) is 18.7. The maximum absolute atomic E-state index is 10.8. The molecule has 1 heterocycles. The van der Waals surface area contributed by atoms with Gasteiger partial charge >= 0.3 is 6.03 Å². The van der Waals surface area contributed by atoms with Crippen molar-refractivity contribution < 1.29 is 50.8 Å². The lowest BCUT2D eigenvalue weighted by molar-refractivity contribution is 0.158. The molecule has 0 spiro atoms. The molecule has 0 saturated heterocycles. The number of anilines is 1. The van der Waals surface area contributed by atoms with Gasteiger partial charge in [0.25, 0.3) is 0 Å². The van der Waals surface area contributed by atoms with E-state index in [4.69, 9.17) is 10.8 Å². The zero-order valence-corrected chi connectivity index (χ0v) is 34.2. The average Bonchev–Trinajstić information content (AvgIpc) is 3.13. The lowest BCUT2D eigenvalue weighted by Crippen LogP contribution is -2.38. The van der Waals surface area contributed by atoms with Gasteiger partial charge in [0.1, 0.15) is 40.5 Å². The number of nitrogens with one attached hydrogen (secondary N) is 4. The van der Waals surface area contributed by atoms with E-state index in [9.17, 15) is 45.6 Å². The third kappa shape index (κ3) is 18.8. The third-order valence-corrected chi connectivity index (χ3v) is 8.23. The number of phenolic OH excluding ortho intramolecular Hbond substituents is 4. The predicted octanol–water partition coefficient (Wildman–Crippen LogP) is 4.06. The third-order valence-electron chi connectivity index (χ3n) is 8.23. The summed E-state index contributed by atoms with van der Waals surface area (Å²) in [7, 11) is 0. The number of pyridine rings is 1. The topological polar surface area (TPSA) is 286 Å². The quantitative estimate of drug-likeness (QED) is 0.0800. The summed E-state index contributed by atoms with van der Waals surface area (Å²) in [6.07, 6.45) is -1.56. The molecule has 4 unspecified atom stereocenters. The van der Waals surface area contributed by atoms with Crippen LogP contribution in [0.4, 0.5) is 10.5 Å². The molecule has 58 heavy (non-hydrogen) atoms. The van der Waals surface area contributed by atoms with Gasteiger partial charge in [-0.25, -0.2) is 9.78 Å². The summed E-state index contributed by atoms with van der Waals surface area (Å²) in [5.74, 6) is -0.0772. The van der Waals surface area contributed by atoms with E-state index >= 15 is 0 Å². The molecule has 2 amide bonds. The number of β-amino-alcohol motifs (C(OH)–C–C–N with tert-alkyl or cyclic N) is 2. The second-order valence-corrected chi connectivity index (χ2v) is 15.9. The van der Waals surface area contributed by atoms with Crippen LogP contribution in [-0.4, -0.2) is 93.7 Å². The number of aliphatic hydroxyl groups excluding tert-OH is 4. The van der Waals surface area contributed by atoms with Gasteiger partial charge in [0, 0.05) is 42.8 Å². The van der Waals surface area contributed by atoms with Crippen molar-refractivity contribution in [3.63, 3.8) is 0 Å². The van der Waals surface area contributed by atoms with E-state index in [1.807, 2.05) is 60.6 Å². The van der Waals surface area contributed by atoms with Gasteiger partial charge in [-0.15, -0.1) is 0 Å². The van der Waals surface area contributed by atoms with Gasteiger partial charge in [0.15, 0.2) is 0 Å². The van der Waals surface area contributed by atoms with Crippen LogP contribution in [0.3, 0.4) is 0 Å².